The van der Waals surface area contributed by atoms with Crippen LogP contribution in [0.4, 0.5) is 0 Å². The van der Waals surface area contributed by atoms with Crippen molar-refractivity contribution < 1.29 is 14.3 Å². The van der Waals surface area contributed by atoms with E-state index in [1.165, 1.54) is 89.9 Å². The molecule has 1 rings (SSSR count). The van der Waals surface area contributed by atoms with Crippen molar-refractivity contribution >= 4 is 5.97 Å². The molecular weight excluding hydrogens is 384 g/mol. The van der Waals surface area contributed by atoms with Gasteiger partial charge in [-0.3, -0.25) is 0 Å². The molecule has 1 unspecified atom stereocenters. The van der Waals surface area contributed by atoms with Crippen LogP contribution in [0.25, 0.3) is 0 Å². The van der Waals surface area contributed by atoms with E-state index >= 15 is 0 Å². The minimum Gasteiger partial charge on any atom is -0.463 e. The van der Waals surface area contributed by atoms with Crippen LogP contribution in [-0.2, 0) is 20.7 Å². The Hall–Kier alpha value is -1.35. The van der Waals surface area contributed by atoms with Crippen LogP contribution in [0.15, 0.2) is 30.3 Å². The Bertz CT molecular complexity index is 512. The van der Waals surface area contributed by atoms with Crippen LogP contribution < -0.4 is 0 Å². The molecule has 0 radical (unpaired) electrons. The highest BCUT2D eigenvalue weighted by molar-refractivity contribution is 5.75. The molecule has 0 aliphatic carbocycles. The molecular formula is C28H48O3. The largest absolute Gasteiger partial charge is 0.463 e. The number of unbranched alkanes of at least 4 members (excludes halogenated alkanes) is 10. The molecule has 0 aliphatic rings. The molecule has 0 fully saturated rings. The summed E-state index contributed by atoms with van der Waals surface area (Å²) in [5, 5.41) is 0. The fourth-order valence-corrected chi connectivity index (χ4v) is 4.12. The lowest BCUT2D eigenvalue weighted by Gasteiger charge is -2.20. The van der Waals surface area contributed by atoms with Gasteiger partial charge in [-0.25, -0.2) is 4.79 Å². The third-order valence-corrected chi connectivity index (χ3v) is 6.20. The minimum atomic E-state index is -0.522. The second-order valence-electron chi connectivity index (χ2n) is 9.02. The van der Waals surface area contributed by atoms with E-state index in [1.807, 2.05) is 30.3 Å². The van der Waals surface area contributed by atoms with Crippen LogP contribution in [0.3, 0.4) is 0 Å². The van der Waals surface area contributed by atoms with E-state index in [-0.39, 0.29) is 5.97 Å². The molecule has 0 spiro atoms. The Morgan fingerprint density at radius 1 is 0.774 bits per heavy atom. The average Bonchev–Trinajstić information content (AvgIpc) is 2.80. The van der Waals surface area contributed by atoms with E-state index < -0.39 is 6.10 Å². The minimum absolute atomic E-state index is 0.220. The van der Waals surface area contributed by atoms with Crippen molar-refractivity contribution in [3.63, 3.8) is 0 Å². The van der Waals surface area contributed by atoms with Crippen molar-refractivity contribution in [1.29, 1.82) is 0 Å². The Kier molecular flexibility index (Phi) is 17.3. The Morgan fingerprint density at radius 2 is 1.29 bits per heavy atom. The molecule has 1 atom stereocenters. The van der Waals surface area contributed by atoms with Gasteiger partial charge < -0.3 is 9.47 Å². The first-order chi connectivity index (χ1) is 15.2. The van der Waals surface area contributed by atoms with Crippen LogP contribution in [0, 0.1) is 5.92 Å². The molecule has 0 aliphatic heterocycles. The maximum absolute atomic E-state index is 12.6. The summed E-state index contributed by atoms with van der Waals surface area (Å²) in [5.41, 5.74) is 1.10. The lowest BCUT2D eigenvalue weighted by molar-refractivity contribution is -0.156. The van der Waals surface area contributed by atoms with Gasteiger partial charge in [-0.05, 0) is 24.3 Å². The zero-order chi connectivity index (χ0) is 22.6. The summed E-state index contributed by atoms with van der Waals surface area (Å²) in [5.74, 6) is 0.262. The average molecular weight is 433 g/mol. The molecule has 1 aromatic carbocycles. The summed E-state index contributed by atoms with van der Waals surface area (Å²) in [4.78, 5) is 12.6. The van der Waals surface area contributed by atoms with Crippen molar-refractivity contribution in [2.45, 2.75) is 116 Å². The first-order valence-corrected chi connectivity index (χ1v) is 12.9. The number of hydrogen-bond donors (Lipinski definition) is 0. The molecule has 178 valence electrons. The van der Waals surface area contributed by atoms with E-state index in [1.54, 1.807) is 7.11 Å². The van der Waals surface area contributed by atoms with Gasteiger partial charge >= 0.3 is 5.97 Å². The summed E-state index contributed by atoms with van der Waals surface area (Å²) in [6, 6.07) is 10.0. The SMILES string of the molecule is CCCCCCCCC(CCCCCCCC)COC(=O)C(Cc1ccccc1)OC. The number of ether oxygens (including phenoxy) is 2. The number of carbonyl (C=O) groups excluding carboxylic acids is 1. The molecule has 0 aromatic heterocycles. The molecule has 0 amide bonds. The number of carbonyl (C=O) groups is 1. The molecule has 0 N–H and O–H groups in total. The van der Waals surface area contributed by atoms with Gasteiger partial charge in [0.1, 0.15) is 0 Å². The number of esters is 1. The van der Waals surface area contributed by atoms with Gasteiger partial charge in [0.25, 0.3) is 0 Å². The molecule has 0 bridgehead atoms. The molecule has 0 saturated carbocycles. The lowest BCUT2D eigenvalue weighted by Crippen LogP contribution is -2.29. The van der Waals surface area contributed by atoms with Gasteiger partial charge in [0.05, 0.1) is 6.61 Å². The van der Waals surface area contributed by atoms with Gasteiger partial charge in [0.2, 0.25) is 0 Å². The van der Waals surface area contributed by atoms with Crippen LogP contribution >= 0.6 is 0 Å². The number of methoxy groups -OCH3 is 1. The summed E-state index contributed by atoms with van der Waals surface area (Å²) in [6.07, 6.45) is 18.1. The van der Waals surface area contributed by atoms with Crippen LogP contribution in [0.2, 0.25) is 0 Å². The highest BCUT2D eigenvalue weighted by Crippen LogP contribution is 2.20. The molecule has 3 heteroatoms. The molecule has 3 nitrogen and oxygen atoms in total. The van der Waals surface area contributed by atoms with Gasteiger partial charge in [0.15, 0.2) is 6.10 Å². The van der Waals surface area contributed by atoms with E-state index in [9.17, 15) is 4.79 Å². The van der Waals surface area contributed by atoms with E-state index in [4.69, 9.17) is 9.47 Å². The zero-order valence-electron chi connectivity index (χ0n) is 20.6. The van der Waals surface area contributed by atoms with E-state index in [0.29, 0.717) is 18.9 Å². The van der Waals surface area contributed by atoms with Gasteiger partial charge in [0, 0.05) is 13.5 Å². The topological polar surface area (TPSA) is 35.5 Å². The normalized spacial score (nSPS) is 12.3. The van der Waals surface area contributed by atoms with Crippen LogP contribution in [-0.4, -0.2) is 25.8 Å². The molecule has 31 heavy (non-hydrogen) atoms. The maximum Gasteiger partial charge on any atom is 0.335 e. The summed E-state index contributed by atoms with van der Waals surface area (Å²) >= 11 is 0. The molecule has 1 aromatic rings. The summed E-state index contributed by atoms with van der Waals surface area (Å²) in [6.45, 7) is 5.06. The van der Waals surface area contributed by atoms with Crippen molar-refractivity contribution in [1.82, 2.24) is 0 Å². The second kappa shape index (κ2) is 19.3. The third kappa shape index (κ3) is 14.4. The van der Waals surface area contributed by atoms with Crippen molar-refractivity contribution in [2.75, 3.05) is 13.7 Å². The van der Waals surface area contributed by atoms with Gasteiger partial charge in [-0.15, -0.1) is 0 Å². The van der Waals surface area contributed by atoms with Crippen molar-refractivity contribution in [3.05, 3.63) is 35.9 Å². The summed E-state index contributed by atoms with van der Waals surface area (Å²) in [7, 11) is 1.60. The number of hydrogen-bond acceptors (Lipinski definition) is 3. The fraction of sp³-hybridized carbons (Fsp3) is 0.750. The highest BCUT2D eigenvalue weighted by Gasteiger charge is 2.21. The fourth-order valence-electron chi connectivity index (χ4n) is 4.12. The van der Waals surface area contributed by atoms with E-state index in [0.717, 1.165) is 5.56 Å². The number of benzene rings is 1. The van der Waals surface area contributed by atoms with Crippen LogP contribution in [0.5, 0.6) is 0 Å². The quantitative estimate of drug-likeness (QED) is 0.155. The lowest BCUT2D eigenvalue weighted by atomic mass is 9.94. The standard InChI is InChI=1S/C28H48O3/c1-4-6-8-10-12-15-21-26(22-16-13-11-9-7-5-2)24-31-28(29)27(30-3)23-25-19-17-14-18-20-25/h14,17-20,26-27H,4-13,15-16,21-24H2,1-3H3. The Labute approximate surface area is 192 Å². The Balaban J connectivity index is 2.41. The molecule has 0 saturated heterocycles. The van der Waals surface area contributed by atoms with Crippen LogP contribution in [0.1, 0.15) is 109 Å². The van der Waals surface area contributed by atoms with E-state index in [2.05, 4.69) is 13.8 Å². The van der Waals surface area contributed by atoms with Gasteiger partial charge in [-0.1, -0.05) is 121 Å². The first-order valence-electron chi connectivity index (χ1n) is 12.9. The summed E-state index contributed by atoms with van der Waals surface area (Å²) < 4.78 is 11.2. The zero-order valence-corrected chi connectivity index (χ0v) is 20.6. The monoisotopic (exact) mass is 432 g/mol. The second-order valence-corrected chi connectivity index (χ2v) is 9.02. The maximum atomic E-state index is 12.6. The smallest absolute Gasteiger partial charge is 0.335 e. The van der Waals surface area contributed by atoms with Crippen molar-refractivity contribution in [2.24, 2.45) is 5.92 Å². The first kappa shape index (κ1) is 27.7. The highest BCUT2D eigenvalue weighted by atomic mass is 16.6. The van der Waals surface area contributed by atoms with Gasteiger partial charge in [-0.2, -0.15) is 0 Å². The predicted molar refractivity (Wildman–Crippen MR) is 131 cm³/mol. The third-order valence-electron chi connectivity index (χ3n) is 6.20. The number of rotatable bonds is 20. The molecule has 0 heterocycles. The Morgan fingerprint density at radius 3 is 1.81 bits per heavy atom. The predicted octanol–water partition coefficient (Wildman–Crippen LogP) is 7.90. The van der Waals surface area contributed by atoms with Crippen molar-refractivity contribution in [3.8, 4) is 0 Å².